The van der Waals surface area contributed by atoms with Crippen molar-refractivity contribution in [2.24, 2.45) is 10.9 Å². The Morgan fingerprint density at radius 1 is 1.23 bits per heavy atom. The van der Waals surface area contributed by atoms with Crippen LogP contribution in [0.4, 0.5) is 5.69 Å². The fourth-order valence-corrected chi connectivity index (χ4v) is 3.94. The molecule has 0 radical (unpaired) electrons. The van der Waals surface area contributed by atoms with Gasteiger partial charge in [0.25, 0.3) is 0 Å². The van der Waals surface area contributed by atoms with Crippen molar-refractivity contribution in [1.29, 1.82) is 0 Å². The Hall–Kier alpha value is -1.55. The number of carbonyl (C=O) groups is 1. The van der Waals surface area contributed by atoms with Gasteiger partial charge in [-0.3, -0.25) is 9.79 Å². The van der Waals surface area contributed by atoms with Gasteiger partial charge >= 0.3 is 0 Å². The molecule has 1 aromatic rings. The first-order valence-corrected chi connectivity index (χ1v) is 10.8. The lowest BCUT2D eigenvalue weighted by atomic mass is 10.1. The summed E-state index contributed by atoms with van der Waals surface area (Å²) in [5.74, 6) is 1.64. The second-order valence-corrected chi connectivity index (χ2v) is 7.80. The molecular weight excluding hydrogens is 493 g/mol. The van der Waals surface area contributed by atoms with E-state index >= 15 is 0 Å². The second-order valence-electron chi connectivity index (χ2n) is 7.80. The van der Waals surface area contributed by atoms with Gasteiger partial charge in [-0.25, -0.2) is 0 Å². The van der Waals surface area contributed by atoms with Crippen LogP contribution in [0, 0.1) is 5.92 Å². The summed E-state index contributed by atoms with van der Waals surface area (Å²) in [6.07, 6.45) is 1.57. The fourth-order valence-electron chi connectivity index (χ4n) is 3.94. The average molecular weight is 529 g/mol. The Bertz CT molecular complexity index is 659. The molecule has 0 spiro atoms. The normalized spacial score (nSPS) is 19.4. The van der Waals surface area contributed by atoms with E-state index in [2.05, 4.69) is 58.3 Å². The van der Waals surface area contributed by atoms with Gasteiger partial charge in [0.2, 0.25) is 5.91 Å². The van der Waals surface area contributed by atoms with Crippen molar-refractivity contribution < 1.29 is 9.53 Å². The van der Waals surface area contributed by atoms with Gasteiger partial charge in [0.1, 0.15) is 0 Å². The molecule has 2 aliphatic heterocycles. The molecule has 2 saturated heterocycles. The van der Waals surface area contributed by atoms with Gasteiger partial charge in [-0.05, 0) is 25.5 Å². The minimum absolute atomic E-state index is 0. The van der Waals surface area contributed by atoms with Crippen molar-refractivity contribution in [2.45, 2.75) is 19.8 Å². The number of nitrogens with zero attached hydrogens (tertiary/aromatic N) is 4. The van der Waals surface area contributed by atoms with E-state index in [1.165, 1.54) is 5.69 Å². The van der Waals surface area contributed by atoms with Crippen LogP contribution < -0.4 is 10.2 Å². The summed E-state index contributed by atoms with van der Waals surface area (Å²) >= 11 is 0. The number of para-hydroxylation sites is 1. The van der Waals surface area contributed by atoms with Crippen molar-refractivity contribution in [3.63, 3.8) is 0 Å². The summed E-state index contributed by atoms with van der Waals surface area (Å²) in [5.41, 5.74) is 1.23. The highest BCUT2D eigenvalue weighted by atomic mass is 127. The Balaban J connectivity index is 0.00000320. The predicted molar refractivity (Wildman–Crippen MR) is 133 cm³/mol. The third-order valence-corrected chi connectivity index (χ3v) is 5.59. The minimum atomic E-state index is 0. The lowest BCUT2D eigenvalue weighted by Gasteiger charge is -2.36. The molecule has 1 atom stereocenters. The molecule has 8 heteroatoms. The molecule has 0 aromatic heterocycles. The number of benzene rings is 1. The highest BCUT2D eigenvalue weighted by Crippen LogP contribution is 2.16. The molecule has 1 amide bonds. The van der Waals surface area contributed by atoms with Gasteiger partial charge in [-0.1, -0.05) is 18.2 Å². The molecule has 1 aromatic carbocycles. The lowest BCUT2D eigenvalue weighted by Crippen LogP contribution is -2.49. The smallest absolute Gasteiger partial charge is 0.224 e. The minimum Gasteiger partial charge on any atom is -0.381 e. The molecule has 2 heterocycles. The maximum absolute atomic E-state index is 12.6. The van der Waals surface area contributed by atoms with Crippen molar-refractivity contribution in [3.05, 3.63) is 30.3 Å². The third-order valence-electron chi connectivity index (χ3n) is 5.59. The van der Waals surface area contributed by atoms with E-state index in [-0.39, 0.29) is 29.9 Å². The fraction of sp³-hybridized carbons (Fsp3) is 0.636. The monoisotopic (exact) mass is 529 g/mol. The number of nitrogens with one attached hydrogen (secondary N) is 1. The van der Waals surface area contributed by atoms with Crippen LogP contribution in [-0.2, 0) is 9.53 Å². The molecule has 3 rings (SSSR count). The topological polar surface area (TPSA) is 60.4 Å². The third kappa shape index (κ3) is 7.30. The Kier molecular flexibility index (Phi) is 10.7. The van der Waals surface area contributed by atoms with Crippen molar-refractivity contribution in [3.8, 4) is 0 Å². The molecule has 2 fully saturated rings. The number of carbonyl (C=O) groups excluding carboxylic acids is 1. The van der Waals surface area contributed by atoms with E-state index < -0.39 is 0 Å². The summed E-state index contributed by atoms with van der Waals surface area (Å²) in [4.78, 5) is 23.8. The zero-order valence-electron chi connectivity index (χ0n) is 18.3. The first kappa shape index (κ1) is 24.7. The summed E-state index contributed by atoms with van der Waals surface area (Å²) in [6.45, 7) is 9.35. The summed E-state index contributed by atoms with van der Waals surface area (Å²) in [6, 6.07) is 10.4. The van der Waals surface area contributed by atoms with Crippen LogP contribution in [-0.4, -0.2) is 87.7 Å². The lowest BCUT2D eigenvalue weighted by molar-refractivity contribution is -0.131. The first-order chi connectivity index (χ1) is 14.2. The van der Waals surface area contributed by atoms with Crippen LogP contribution in [0.2, 0.25) is 0 Å². The van der Waals surface area contributed by atoms with E-state index in [1.807, 2.05) is 11.0 Å². The number of hydrogen-bond acceptors (Lipinski definition) is 4. The largest absolute Gasteiger partial charge is 0.381 e. The highest BCUT2D eigenvalue weighted by Gasteiger charge is 2.21. The number of rotatable bonds is 7. The van der Waals surface area contributed by atoms with Crippen molar-refractivity contribution >= 4 is 41.5 Å². The molecule has 0 saturated carbocycles. The van der Waals surface area contributed by atoms with E-state index in [1.54, 1.807) is 0 Å². The Labute approximate surface area is 197 Å². The number of halogens is 1. The molecule has 168 valence electrons. The van der Waals surface area contributed by atoms with E-state index in [4.69, 9.17) is 4.74 Å². The van der Waals surface area contributed by atoms with Crippen LogP contribution in [0.3, 0.4) is 0 Å². The highest BCUT2D eigenvalue weighted by molar-refractivity contribution is 14.0. The van der Waals surface area contributed by atoms with Gasteiger partial charge in [-0.15, -0.1) is 24.0 Å². The number of hydrogen-bond donors (Lipinski definition) is 1. The molecule has 0 aliphatic carbocycles. The molecule has 30 heavy (non-hydrogen) atoms. The summed E-state index contributed by atoms with van der Waals surface area (Å²) in [5, 5.41) is 3.34. The van der Waals surface area contributed by atoms with E-state index in [0.29, 0.717) is 18.9 Å². The summed E-state index contributed by atoms with van der Waals surface area (Å²) in [7, 11) is 2.06. The van der Waals surface area contributed by atoms with Gasteiger partial charge < -0.3 is 24.8 Å². The Morgan fingerprint density at radius 3 is 2.60 bits per heavy atom. The van der Waals surface area contributed by atoms with E-state index in [0.717, 1.165) is 64.9 Å². The molecule has 7 nitrogen and oxygen atoms in total. The van der Waals surface area contributed by atoms with Gasteiger partial charge in [0.05, 0.1) is 13.2 Å². The number of piperazine rings is 1. The van der Waals surface area contributed by atoms with Crippen LogP contribution in [0.15, 0.2) is 35.3 Å². The van der Waals surface area contributed by atoms with Gasteiger partial charge in [-0.2, -0.15) is 0 Å². The van der Waals surface area contributed by atoms with Crippen molar-refractivity contribution in [2.75, 3.05) is 71.0 Å². The quantitative estimate of drug-likeness (QED) is 0.334. The molecule has 1 unspecified atom stereocenters. The number of guanidine groups is 1. The standard InChI is InChI=1S/C22H35N5O2.HI/c1-3-23-22(25(2)17-19-10-16-29-18-19)24-11-9-21(28)27-14-12-26(13-15-27)20-7-5-4-6-8-20;/h4-8,19H,3,9-18H2,1-2H3,(H,23,24);1H. The number of ether oxygens (including phenoxy) is 1. The Morgan fingerprint density at radius 2 is 1.97 bits per heavy atom. The van der Waals surface area contributed by atoms with Gasteiger partial charge in [0, 0.05) is 70.9 Å². The van der Waals surface area contributed by atoms with Gasteiger partial charge in [0.15, 0.2) is 5.96 Å². The first-order valence-electron chi connectivity index (χ1n) is 10.8. The molecule has 2 aliphatic rings. The average Bonchev–Trinajstić information content (AvgIpc) is 3.27. The maximum atomic E-state index is 12.6. The zero-order valence-corrected chi connectivity index (χ0v) is 20.6. The summed E-state index contributed by atoms with van der Waals surface area (Å²) < 4.78 is 5.47. The second kappa shape index (κ2) is 13.0. The van der Waals surface area contributed by atoms with Crippen LogP contribution in [0.1, 0.15) is 19.8 Å². The number of aliphatic imine (C=N–C) groups is 1. The van der Waals surface area contributed by atoms with Crippen LogP contribution >= 0.6 is 24.0 Å². The van der Waals surface area contributed by atoms with Crippen LogP contribution in [0.25, 0.3) is 0 Å². The maximum Gasteiger partial charge on any atom is 0.224 e. The van der Waals surface area contributed by atoms with Crippen LogP contribution in [0.5, 0.6) is 0 Å². The van der Waals surface area contributed by atoms with E-state index in [9.17, 15) is 4.79 Å². The number of amides is 1. The molecular formula is C22H36IN5O2. The van der Waals surface area contributed by atoms with Crippen molar-refractivity contribution in [1.82, 2.24) is 15.1 Å². The zero-order chi connectivity index (χ0) is 20.5. The molecule has 0 bridgehead atoms. The number of anilines is 1. The SMILES string of the molecule is CCNC(=NCCC(=O)N1CCN(c2ccccc2)CC1)N(C)CC1CCOC1.I. The molecule has 1 N–H and O–H groups in total. The predicted octanol–water partition coefficient (Wildman–Crippen LogP) is 2.28.